The molecule has 0 saturated carbocycles. The highest BCUT2D eigenvalue weighted by Gasteiger charge is 2.20. The quantitative estimate of drug-likeness (QED) is 0.615. The van der Waals surface area contributed by atoms with Gasteiger partial charge in [0.05, 0.1) is 13.2 Å². The minimum Gasteiger partial charge on any atom is -0.508 e. The summed E-state index contributed by atoms with van der Waals surface area (Å²) in [5, 5.41) is 18.5. The molecule has 0 bridgehead atoms. The summed E-state index contributed by atoms with van der Waals surface area (Å²) in [5.41, 5.74) is 7.13. The molecule has 1 aromatic carbocycles. The molecule has 0 fully saturated rings. The van der Waals surface area contributed by atoms with Crippen molar-refractivity contribution in [3.8, 4) is 11.5 Å². The number of hydrogen-bond donors (Lipinski definition) is 3. The molecular weight excluding hydrogens is 182 g/mol. The van der Waals surface area contributed by atoms with Crippen LogP contribution in [-0.2, 0) is 6.61 Å². The van der Waals surface area contributed by atoms with Crippen LogP contribution in [0.5, 0.6) is 11.5 Å². The average molecular weight is 195 g/mol. The third-order valence-corrected chi connectivity index (χ3v) is 2.47. The number of fused-ring (bicyclic) bond motifs is 1. The minimum absolute atomic E-state index is 0.0761. The fourth-order valence-corrected chi connectivity index (χ4v) is 1.62. The summed E-state index contributed by atoms with van der Waals surface area (Å²) in [7, 11) is 0. The fraction of sp³-hybridized carbons (Fsp3) is 0.400. The van der Waals surface area contributed by atoms with Crippen LogP contribution in [0.15, 0.2) is 12.1 Å². The highest BCUT2D eigenvalue weighted by atomic mass is 16.5. The maximum absolute atomic E-state index is 9.51. The summed E-state index contributed by atoms with van der Waals surface area (Å²) < 4.78 is 5.39. The maximum Gasteiger partial charge on any atom is 0.124 e. The van der Waals surface area contributed by atoms with Crippen molar-refractivity contribution in [3.63, 3.8) is 0 Å². The zero-order chi connectivity index (χ0) is 10.1. The number of benzene rings is 1. The third kappa shape index (κ3) is 1.42. The lowest BCUT2D eigenvalue weighted by Crippen LogP contribution is -2.20. The Morgan fingerprint density at radius 2 is 2.29 bits per heavy atom. The van der Waals surface area contributed by atoms with Crippen LogP contribution in [0.3, 0.4) is 0 Å². The summed E-state index contributed by atoms with van der Waals surface area (Å²) in [5.74, 6) is 0.748. The van der Waals surface area contributed by atoms with Gasteiger partial charge >= 0.3 is 0 Å². The zero-order valence-electron chi connectivity index (χ0n) is 7.73. The van der Waals surface area contributed by atoms with Crippen molar-refractivity contribution in [1.82, 2.24) is 0 Å². The Balaban J connectivity index is 2.48. The van der Waals surface area contributed by atoms with E-state index in [0.717, 1.165) is 12.0 Å². The Morgan fingerprint density at radius 3 is 3.00 bits per heavy atom. The second kappa shape index (κ2) is 3.48. The molecule has 0 spiro atoms. The van der Waals surface area contributed by atoms with Gasteiger partial charge < -0.3 is 20.7 Å². The summed E-state index contributed by atoms with van der Waals surface area (Å²) in [4.78, 5) is 0. The normalized spacial score (nSPS) is 20.0. The van der Waals surface area contributed by atoms with Crippen molar-refractivity contribution >= 4 is 0 Å². The number of phenols is 1. The summed E-state index contributed by atoms with van der Waals surface area (Å²) in [6.07, 6.45) is 0.755. The number of aliphatic hydroxyl groups is 1. The van der Waals surface area contributed by atoms with Gasteiger partial charge in [0.25, 0.3) is 0 Å². The van der Waals surface area contributed by atoms with Gasteiger partial charge in [0.1, 0.15) is 11.5 Å². The van der Waals surface area contributed by atoms with Gasteiger partial charge in [-0.25, -0.2) is 0 Å². The van der Waals surface area contributed by atoms with Crippen molar-refractivity contribution in [3.05, 3.63) is 23.3 Å². The van der Waals surface area contributed by atoms with Crippen molar-refractivity contribution < 1.29 is 14.9 Å². The first-order valence-electron chi connectivity index (χ1n) is 4.57. The first-order chi connectivity index (χ1) is 6.72. The molecule has 2 rings (SSSR count). The lowest BCUT2D eigenvalue weighted by molar-refractivity contribution is 0.258. The number of rotatable bonds is 1. The number of aromatic hydroxyl groups is 1. The van der Waals surface area contributed by atoms with Crippen molar-refractivity contribution in [2.24, 2.45) is 5.73 Å². The molecule has 1 aliphatic rings. The summed E-state index contributed by atoms with van der Waals surface area (Å²) >= 11 is 0. The van der Waals surface area contributed by atoms with E-state index in [9.17, 15) is 5.11 Å². The third-order valence-electron chi connectivity index (χ3n) is 2.47. The molecular formula is C10H13NO3. The Morgan fingerprint density at radius 1 is 1.50 bits per heavy atom. The van der Waals surface area contributed by atoms with Crippen LogP contribution >= 0.6 is 0 Å². The molecule has 4 N–H and O–H groups in total. The SMILES string of the molecule is N[C@@H]1CCOc2cc(CO)c(O)cc21. The van der Waals surface area contributed by atoms with Gasteiger partial charge in [-0.1, -0.05) is 0 Å². The molecule has 0 amide bonds. The highest BCUT2D eigenvalue weighted by Crippen LogP contribution is 2.35. The molecule has 0 radical (unpaired) electrons. The molecule has 0 unspecified atom stereocenters. The highest BCUT2D eigenvalue weighted by molar-refractivity contribution is 5.47. The van der Waals surface area contributed by atoms with E-state index in [1.54, 1.807) is 12.1 Å². The maximum atomic E-state index is 9.51. The van der Waals surface area contributed by atoms with E-state index in [-0.39, 0.29) is 18.4 Å². The summed E-state index contributed by atoms with van der Waals surface area (Å²) in [6, 6.07) is 3.13. The first kappa shape index (κ1) is 9.30. The van der Waals surface area contributed by atoms with E-state index in [2.05, 4.69) is 0 Å². The van der Waals surface area contributed by atoms with Crippen LogP contribution in [-0.4, -0.2) is 16.8 Å². The standard InChI is InChI=1S/C10H13NO3/c11-8-1-2-14-10-3-6(5-12)9(13)4-7(8)10/h3-4,8,12-13H,1-2,5,11H2/t8-/m1/s1. The van der Waals surface area contributed by atoms with Crippen LogP contribution in [0, 0.1) is 0 Å². The first-order valence-corrected chi connectivity index (χ1v) is 4.57. The van der Waals surface area contributed by atoms with Crippen molar-refractivity contribution in [1.29, 1.82) is 0 Å². The van der Waals surface area contributed by atoms with E-state index in [0.29, 0.717) is 17.9 Å². The smallest absolute Gasteiger partial charge is 0.124 e. The predicted molar refractivity (Wildman–Crippen MR) is 51.1 cm³/mol. The Labute approximate surface area is 81.9 Å². The molecule has 1 atom stereocenters. The second-order valence-electron chi connectivity index (χ2n) is 3.42. The van der Waals surface area contributed by atoms with Gasteiger partial charge in [-0.05, 0) is 12.1 Å². The van der Waals surface area contributed by atoms with Crippen LogP contribution in [0.1, 0.15) is 23.6 Å². The molecule has 0 aliphatic carbocycles. The van der Waals surface area contributed by atoms with Crippen LogP contribution < -0.4 is 10.5 Å². The lowest BCUT2D eigenvalue weighted by Gasteiger charge is -2.23. The Kier molecular flexibility index (Phi) is 2.31. The van der Waals surface area contributed by atoms with E-state index < -0.39 is 0 Å². The predicted octanol–water partition coefficient (Wildman–Crippen LogP) is 0.667. The minimum atomic E-state index is -0.197. The van der Waals surface area contributed by atoms with Crippen LogP contribution in [0.4, 0.5) is 0 Å². The molecule has 1 heterocycles. The molecule has 4 heteroatoms. The molecule has 1 aromatic rings. The van der Waals surface area contributed by atoms with Gasteiger partial charge in [0.2, 0.25) is 0 Å². The van der Waals surface area contributed by atoms with Gasteiger partial charge in [-0.3, -0.25) is 0 Å². The van der Waals surface area contributed by atoms with E-state index in [1.807, 2.05) is 0 Å². The molecule has 1 aliphatic heterocycles. The van der Waals surface area contributed by atoms with Gasteiger partial charge in [0.15, 0.2) is 0 Å². The monoisotopic (exact) mass is 195 g/mol. The average Bonchev–Trinajstić information content (AvgIpc) is 2.19. The molecule has 0 aromatic heterocycles. The lowest BCUT2D eigenvalue weighted by atomic mass is 9.99. The molecule has 0 saturated heterocycles. The number of ether oxygens (including phenoxy) is 1. The Bertz CT molecular complexity index is 351. The van der Waals surface area contributed by atoms with Crippen molar-refractivity contribution in [2.45, 2.75) is 19.1 Å². The fourth-order valence-electron chi connectivity index (χ4n) is 1.62. The van der Waals surface area contributed by atoms with Crippen LogP contribution in [0.2, 0.25) is 0 Å². The topological polar surface area (TPSA) is 75.7 Å². The number of hydrogen-bond acceptors (Lipinski definition) is 4. The molecule has 4 nitrogen and oxygen atoms in total. The zero-order valence-corrected chi connectivity index (χ0v) is 7.73. The van der Waals surface area contributed by atoms with Crippen LogP contribution in [0.25, 0.3) is 0 Å². The number of nitrogens with two attached hydrogens (primary N) is 1. The second-order valence-corrected chi connectivity index (χ2v) is 3.42. The summed E-state index contributed by atoms with van der Waals surface area (Å²) in [6.45, 7) is 0.390. The largest absolute Gasteiger partial charge is 0.508 e. The molecule has 76 valence electrons. The molecule has 14 heavy (non-hydrogen) atoms. The van der Waals surface area contributed by atoms with E-state index in [4.69, 9.17) is 15.6 Å². The van der Waals surface area contributed by atoms with E-state index in [1.165, 1.54) is 0 Å². The Hall–Kier alpha value is -1.26. The number of aliphatic hydroxyl groups excluding tert-OH is 1. The van der Waals surface area contributed by atoms with Gasteiger partial charge in [0, 0.05) is 23.6 Å². The van der Waals surface area contributed by atoms with Crippen molar-refractivity contribution in [2.75, 3.05) is 6.61 Å². The van der Waals surface area contributed by atoms with Gasteiger partial charge in [-0.2, -0.15) is 0 Å². The van der Waals surface area contributed by atoms with E-state index >= 15 is 0 Å². The van der Waals surface area contributed by atoms with Gasteiger partial charge in [-0.15, -0.1) is 0 Å².